The average molecular weight is 240 g/mol. The van der Waals surface area contributed by atoms with E-state index in [1.54, 1.807) is 12.4 Å². The Morgan fingerprint density at radius 3 is 2.56 bits per heavy atom. The van der Waals surface area contributed by atoms with E-state index in [0.717, 1.165) is 5.82 Å². The van der Waals surface area contributed by atoms with Crippen LogP contribution in [0.5, 0.6) is 0 Å². The summed E-state index contributed by atoms with van der Waals surface area (Å²) in [5.41, 5.74) is 0.604. The van der Waals surface area contributed by atoms with E-state index in [1.807, 2.05) is 0 Å². The summed E-state index contributed by atoms with van der Waals surface area (Å²) in [7, 11) is 0. The third kappa shape index (κ3) is 2.70. The van der Waals surface area contributed by atoms with E-state index in [0.29, 0.717) is 11.6 Å². The summed E-state index contributed by atoms with van der Waals surface area (Å²) in [5, 5.41) is 2.61. The Hall–Kier alpha value is -1.16. The Labute approximate surface area is 99.4 Å². The minimum Gasteiger partial charge on any atom is -0.322 e. The van der Waals surface area contributed by atoms with Gasteiger partial charge in [-0.25, -0.2) is 9.97 Å². The molecule has 86 valence electrons. The predicted molar refractivity (Wildman–Crippen MR) is 62.6 cm³/mol. The first-order valence-electron chi connectivity index (χ1n) is 5.47. The first-order chi connectivity index (χ1) is 7.79. The fourth-order valence-corrected chi connectivity index (χ4v) is 2.06. The highest BCUT2D eigenvalue weighted by Crippen LogP contribution is 2.31. The minimum atomic E-state index is -0.237. The lowest BCUT2D eigenvalue weighted by Crippen LogP contribution is -2.13. The zero-order chi connectivity index (χ0) is 11.4. The normalized spacial score (nSPS) is 16.3. The van der Waals surface area contributed by atoms with E-state index in [4.69, 9.17) is 11.6 Å². The van der Waals surface area contributed by atoms with Crippen LogP contribution in [0.4, 0.5) is 5.69 Å². The van der Waals surface area contributed by atoms with Crippen LogP contribution in [0.3, 0.4) is 0 Å². The quantitative estimate of drug-likeness (QED) is 0.824. The van der Waals surface area contributed by atoms with Gasteiger partial charge in [0.05, 0.1) is 18.1 Å². The second-order valence-corrected chi connectivity index (χ2v) is 4.26. The SMILES string of the molecule is O=C(CCl)Nc1cnc(C2CCCC2)nc1. The Kier molecular flexibility index (Phi) is 3.72. The Morgan fingerprint density at radius 2 is 2.00 bits per heavy atom. The summed E-state index contributed by atoms with van der Waals surface area (Å²) in [5.74, 6) is 1.10. The molecule has 16 heavy (non-hydrogen) atoms. The van der Waals surface area contributed by atoms with Gasteiger partial charge in [0, 0.05) is 5.92 Å². The van der Waals surface area contributed by atoms with Crippen molar-refractivity contribution in [2.75, 3.05) is 11.2 Å². The van der Waals surface area contributed by atoms with Crippen molar-refractivity contribution in [1.82, 2.24) is 9.97 Å². The van der Waals surface area contributed by atoms with Crippen LogP contribution >= 0.6 is 11.6 Å². The number of anilines is 1. The number of alkyl halides is 1. The molecule has 1 aromatic heterocycles. The molecule has 0 unspecified atom stereocenters. The van der Waals surface area contributed by atoms with Crippen LogP contribution in [-0.4, -0.2) is 21.8 Å². The summed E-state index contributed by atoms with van der Waals surface area (Å²) < 4.78 is 0. The van der Waals surface area contributed by atoms with Gasteiger partial charge in [0.1, 0.15) is 11.7 Å². The van der Waals surface area contributed by atoms with Crippen molar-refractivity contribution in [3.05, 3.63) is 18.2 Å². The van der Waals surface area contributed by atoms with Gasteiger partial charge in [-0.2, -0.15) is 0 Å². The fourth-order valence-electron chi connectivity index (χ4n) is 1.99. The molecule has 1 heterocycles. The Bertz CT molecular complexity index is 360. The summed E-state index contributed by atoms with van der Waals surface area (Å²) in [6, 6.07) is 0. The number of hydrogen-bond acceptors (Lipinski definition) is 3. The molecule has 0 bridgehead atoms. The molecule has 0 radical (unpaired) electrons. The van der Waals surface area contributed by atoms with Crippen LogP contribution in [0.25, 0.3) is 0 Å². The highest BCUT2D eigenvalue weighted by atomic mass is 35.5. The molecule has 0 spiro atoms. The van der Waals surface area contributed by atoms with E-state index >= 15 is 0 Å². The monoisotopic (exact) mass is 239 g/mol. The molecule has 0 saturated heterocycles. The van der Waals surface area contributed by atoms with E-state index < -0.39 is 0 Å². The maximum Gasteiger partial charge on any atom is 0.239 e. The molecule has 2 rings (SSSR count). The van der Waals surface area contributed by atoms with Crippen molar-refractivity contribution in [2.45, 2.75) is 31.6 Å². The molecule has 1 saturated carbocycles. The minimum absolute atomic E-state index is 0.0512. The molecule has 0 aliphatic heterocycles. The zero-order valence-electron chi connectivity index (χ0n) is 8.95. The molecular formula is C11H14ClN3O. The fraction of sp³-hybridized carbons (Fsp3) is 0.545. The van der Waals surface area contributed by atoms with Gasteiger partial charge in [0.25, 0.3) is 0 Å². The highest BCUT2D eigenvalue weighted by molar-refractivity contribution is 6.29. The first-order valence-corrected chi connectivity index (χ1v) is 6.01. The van der Waals surface area contributed by atoms with E-state index in [1.165, 1.54) is 25.7 Å². The van der Waals surface area contributed by atoms with E-state index in [-0.39, 0.29) is 11.8 Å². The van der Waals surface area contributed by atoms with Crippen LogP contribution in [0.2, 0.25) is 0 Å². The maximum absolute atomic E-state index is 11.0. The number of carbonyl (C=O) groups excluding carboxylic acids is 1. The Morgan fingerprint density at radius 1 is 1.38 bits per heavy atom. The number of halogens is 1. The number of amides is 1. The van der Waals surface area contributed by atoms with Gasteiger partial charge in [-0.05, 0) is 12.8 Å². The molecule has 1 N–H and O–H groups in total. The van der Waals surface area contributed by atoms with Gasteiger partial charge in [-0.3, -0.25) is 4.79 Å². The summed E-state index contributed by atoms with van der Waals surface area (Å²) in [6.07, 6.45) is 8.16. The number of aromatic nitrogens is 2. The maximum atomic E-state index is 11.0. The lowest BCUT2D eigenvalue weighted by atomic mass is 10.1. The number of rotatable bonds is 3. The molecule has 4 nitrogen and oxygen atoms in total. The second-order valence-electron chi connectivity index (χ2n) is 3.99. The molecular weight excluding hydrogens is 226 g/mol. The van der Waals surface area contributed by atoms with Crippen LogP contribution in [-0.2, 0) is 4.79 Å². The average Bonchev–Trinajstić information content (AvgIpc) is 2.83. The predicted octanol–water partition coefficient (Wildman–Crippen LogP) is 2.31. The molecule has 1 amide bonds. The number of hydrogen-bond donors (Lipinski definition) is 1. The topological polar surface area (TPSA) is 54.9 Å². The van der Waals surface area contributed by atoms with E-state index in [9.17, 15) is 4.79 Å². The van der Waals surface area contributed by atoms with Gasteiger partial charge < -0.3 is 5.32 Å². The molecule has 1 aliphatic carbocycles. The van der Waals surface area contributed by atoms with E-state index in [2.05, 4.69) is 15.3 Å². The van der Waals surface area contributed by atoms with Crippen molar-refractivity contribution in [3.8, 4) is 0 Å². The number of carbonyl (C=O) groups is 1. The summed E-state index contributed by atoms with van der Waals surface area (Å²) >= 11 is 5.38. The van der Waals surface area contributed by atoms with Crippen molar-refractivity contribution in [2.24, 2.45) is 0 Å². The number of nitrogens with one attached hydrogen (secondary N) is 1. The van der Waals surface area contributed by atoms with Crippen molar-refractivity contribution in [3.63, 3.8) is 0 Å². The standard InChI is InChI=1S/C11H14ClN3O/c12-5-10(16)15-9-6-13-11(14-7-9)8-3-1-2-4-8/h6-8H,1-5H2,(H,15,16). The smallest absolute Gasteiger partial charge is 0.239 e. The summed E-state index contributed by atoms with van der Waals surface area (Å²) in [6.45, 7) is 0. The molecule has 0 aromatic carbocycles. The van der Waals surface area contributed by atoms with Crippen LogP contribution in [0, 0.1) is 0 Å². The molecule has 1 fully saturated rings. The van der Waals surface area contributed by atoms with Crippen molar-refractivity contribution < 1.29 is 4.79 Å². The zero-order valence-corrected chi connectivity index (χ0v) is 9.70. The second kappa shape index (κ2) is 5.25. The van der Waals surface area contributed by atoms with Gasteiger partial charge in [-0.1, -0.05) is 12.8 Å². The van der Waals surface area contributed by atoms with Crippen molar-refractivity contribution >= 4 is 23.2 Å². The van der Waals surface area contributed by atoms with Crippen LogP contribution in [0.1, 0.15) is 37.4 Å². The lowest BCUT2D eigenvalue weighted by Gasteiger charge is -2.08. The van der Waals surface area contributed by atoms with Gasteiger partial charge >= 0.3 is 0 Å². The lowest BCUT2D eigenvalue weighted by molar-refractivity contribution is -0.113. The van der Waals surface area contributed by atoms with Crippen LogP contribution in [0.15, 0.2) is 12.4 Å². The molecule has 5 heteroatoms. The third-order valence-electron chi connectivity index (χ3n) is 2.80. The molecule has 1 aromatic rings. The van der Waals surface area contributed by atoms with Gasteiger partial charge in [-0.15, -0.1) is 11.6 Å². The third-order valence-corrected chi connectivity index (χ3v) is 3.04. The molecule has 0 atom stereocenters. The number of nitrogens with zero attached hydrogens (tertiary/aromatic N) is 2. The largest absolute Gasteiger partial charge is 0.322 e. The first kappa shape index (κ1) is 11.3. The van der Waals surface area contributed by atoms with Crippen LogP contribution < -0.4 is 5.32 Å². The highest BCUT2D eigenvalue weighted by Gasteiger charge is 2.19. The van der Waals surface area contributed by atoms with Crippen molar-refractivity contribution in [1.29, 1.82) is 0 Å². The molecule has 1 aliphatic rings. The van der Waals surface area contributed by atoms with Gasteiger partial charge in [0.2, 0.25) is 5.91 Å². The summed E-state index contributed by atoms with van der Waals surface area (Å²) in [4.78, 5) is 19.6. The van der Waals surface area contributed by atoms with Gasteiger partial charge in [0.15, 0.2) is 0 Å². The Balaban J connectivity index is 2.01.